The van der Waals surface area contributed by atoms with Gasteiger partial charge in [-0.15, -0.1) is 0 Å². The molecule has 2 aromatic carbocycles. The second kappa shape index (κ2) is 10.4. The summed E-state index contributed by atoms with van der Waals surface area (Å²) >= 11 is 0. The van der Waals surface area contributed by atoms with Gasteiger partial charge >= 0.3 is 0 Å². The minimum absolute atomic E-state index is 0.155. The zero-order valence-electron chi connectivity index (χ0n) is 20.2. The molecule has 12 heteroatoms. The Morgan fingerprint density at radius 3 is 2.67 bits per heavy atom. The van der Waals surface area contributed by atoms with Crippen molar-refractivity contribution in [1.82, 2.24) is 14.9 Å². The number of halogens is 1. The van der Waals surface area contributed by atoms with Gasteiger partial charge in [0.2, 0.25) is 0 Å². The van der Waals surface area contributed by atoms with Crippen LogP contribution in [0.3, 0.4) is 0 Å². The van der Waals surface area contributed by atoms with Gasteiger partial charge in [-0.1, -0.05) is 0 Å². The summed E-state index contributed by atoms with van der Waals surface area (Å²) in [7, 11) is -3.37. The number of aryl methyl sites for hydroxylation is 1. The summed E-state index contributed by atoms with van der Waals surface area (Å²) in [5.41, 5.74) is 2.46. The van der Waals surface area contributed by atoms with Crippen LogP contribution >= 0.6 is 0 Å². The van der Waals surface area contributed by atoms with Gasteiger partial charge in [-0.05, 0) is 49.5 Å². The lowest BCUT2D eigenvalue weighted by molar-refractivity contribution is -0.137. The molecule has 2 atom stereocenters. The van der Waals surface area contributed by atoms with Crippen molar-refractivity contribution < 1.29 is 22.3 Å². The summed E-state index contributed by atoms with van der Waals surface area (Å²) in [6.45, 7) is 4.28. The molecule has 0 radical (unpaired) electrons. The standard InChI is InChI=1S/C24H28FN5O4S2/c1-15-11-18(29-36(3,4)33)13-20-22(15)23(27-14-26-20)28-19-6-5-17(25)12-21(19)34-16(2)24(31)30-7-9-35(32)10-8-30/h5-6,11-14,16H,3,7-10H2,1-2,4H3,(H,29,33)(H,26,27,28)/t16-,36?/m1/s1. The second-order valence-corrected chi connectivity index (χ2v) is 12.6. The van der Waals surface area contributed by atoms with E-state index in [1.54, 1.807) is 17.9 Å². The maximum absolute atomic E-state index is 14.1. The highest BCUT2D eigenvalue weighted by molar-refractivity contribution is 8.00. The third-order valence-electron chi connectivity index (χ3n) is 5.61. The number of rotatable bonds is 7. The third kappa shape index (κ3) is 6.11. The highest BCUT2D eigenvalue weighted by Crippen LogP contribution is 2.33. The topological polar surface area (TPSA) is 114 Å². The number of carbonyl (C=O) groups excluding carboxylic acids is 1. The van der Waals surface area contributed by atoms with Crippen molar-refractivity contribution in [2.45, 2.75) is 20.0 Å². The maximum Gasteiger partial charge on any atom is 0.263 e. The molecule has 4 rings (SSSR count). The fourth-order valence-corrected chi connectivity index (χ4v) is 5.64. The number of amides is 1. The van der Waals surface area contributed by atoms with Gasteiger partial charge in [0.1, 0.15) is 23.7 Å². The fourth-order valence-electron chi connectivity index (χ4n) is 3.98. The molecule has 2 heterocycles. The van der Waals surface area contributed by atoms with Crippen LogP contribution in [0.5, 0.6) is 5.75 Å². The monoisotopic (exact) mass is 533 g/mol. The number of nitrogens with one attached hydrogen (secondary N) is 2. The molecule has 0 saturated carbocycles. The molecule has 9 nitrogen and oxygen atoms in total. The second-order valence-electron chi connectivity index (χ2n) is 8.72. The molecule has 36 heavy (non-hydrogen) atoms. The van der Waals surface area contributed by atoms with Crippen molar-refractivity contribution >= 4 is 60.4 Å². The molecule has 1 aromatic heterocycles. The summed E-state index contributed by atoms with van der Waals surface area (Å²) in [5, 5.41) is 3.90. The van der Waals surface area contributed by atoms with Gasteiger partial charge in [0.25, 0.3) is 5.91 Å². The number of hydrogen-bond acceptors (Lipinski definition) is 7. The molecule has 0 bridgehead atoms. The average molecular weight is 534 g/mol. The van der Waals surface area contributed by atoms with E-state index >= 15 is 0 Å². The zero-order valence-corrected chi connectivity index (χ0v) is 21.9. The molecule has 1 aliphatic rings. The van der Waals surface area contributed by atoms with E-state index in [1.807, 2.05) is 13.0 Å². The Morgan fingerprint density at radius 2 is 1.97 bits per heavy atom. The Kier molecular flexibility index (Phi) is 7.46. The zero-order chi connectivity index (χ0) is 26.0. The van der Waals surface area contributed by atoms with Crippen molar-refractivity contribution in [1.29, 1.82) is 0 Å². The Hall–Kier alpha value is -3.25. The number of aromatic nitrogens is 2. The molecule has 0 spiro atoms. The van der Waals surface area contributed by atoms with Crippen LogP contribution in [0.25, 0.3) is 10.9 Å². The number of fused-ring (bicyclic) bond motifs is 1. The molecule has 1 fully saturated rings. The van der Waals surface area contributed by atoms with Crippen LogP contribution in [0.4, 0.5) is 21.6 Å². The molecule has 192 valence electrons. The molecule has 1 aliphatic heterocycles. The van der Waals surface area contributed by atoms with E-state index in [0.29, 0.717) is 47.3 Å². The lowest BCUT2D eigenvalue weighted by Crippen LogP contribution is -2.47. The summed E-state index contributed by atoms with van der Waals surface area (Å²) < 4.78 is 46.6. The van der Waals surface area contributed by atoms with E-state index in [1.165, 1.54) is 30.8 Å². The first-order valence-corrected chi connectivity index (χ1v) is 14.8. The number of nitrogens with zero attached hydrogens (tertiary/aromatic N) is 3. The number of carbonyl (C=O) groups is 1. The van der Waals surface area contributed by atoms with Crippen LogP contribution in [0.1, 0.15) is 12.5 Å². The Balaban J connectivity index is 1.61. The van der Waals surface area contributed by atoms with Crippen molar-refractivity contribution in [3.05, 3.63) is 48.0 Å². The van der Waals surface area contributed by atoms with E-state index in [0.717, 1.165) is 10.9 Å². The molecular weight excluding hydrogens is 505 g/mol. The number of anilines is 3. The van der Waals surface area contributed by atoms with E-state index < -0.39 is 32.4 Å². The number of benzene rings is 2. The van der Waals surface area contributed by atoms with Gasteiger partial charge in [-0.25, -0.2) is 18.6 Å². The highest BCUT2D eigenvalue weighted by atomic mass is 32.2. The minimum Gasteiger partial charge on any atom is -0.479 e. The van der Waals surface area contributed by atoms with Crippen molar-refractivity contribution in [2.24, 2.45) is 0 Å². The smallest absolute Gasteiger partial charge is 0.263 e. The van der Waals surface area contributed by atoms with E-state index in [2.05, 4.69) is 25.9 Å². The summed E-state index contributed by atoms with van der Waals surface area (Å²) in [6.07, 6.45) is 2.02. The molecule has 2 N–H and O–H groups in total. The van der Waals surface area contributed by atoms with Gasteiger partial charge in [0, 0.05) is 68.5 Å². The number of hydrogen-bond donors (Lipinski definition) is 2. The van der Waals surface area contributed by atoms with Crippen LogP contribution < -0.4 is 14.8 Å². The first kappa shape index (κ1) is 25.8. The highest BCUT2D eigenvalue weighted by Gasteiger charge is 2.26. The van der Waals surface area contributed by atoms with E-state index in [4.69, 9.17) is 4.74 Å². The Morgan fingerprint density at radius 1 is 1.25 bits per heavy atom. The lowest BCUT2D eigenvalue weighted by atomic mass is 10.1. The van der Waals surface area contributed by atoms with Crippen molar-refractivity contribution in [3.8, 4) is 5.75 Å². The maximum atomic E-state index is 14.1. The lowest BCUT2D eigenvalue weighted by Gasteiger charge is -2.29. The molecule has 1 unspecified atom stereocenters. The summed E-state index contributed by atoms with van der Waals surface area (Å²) in [6, 6.07) is 7.57. The van der Waals surface area contributed by atoms with Gasteiger partial charge in [0.05, 0.1) is 11.2 Å². The molecule has 1 amide bonds. The summed E-state index contributed by atoms with van der Waals surface area (Å²) in [5.74, 6) is 4.35. The predicted octanol–water partition coefficient (Wildman–Crippen LogP) is 2.85. The van der Waals surface area contributed by atoms with Gasteiger partial charge in [0.15, 0.2) is 6.10 Å². The third-order valence-corrected chi connectivity index (χ3v) is 7.55. The molecule has 1 saturated heterocycles. The quantitative estimate of drug-likeness (QED) is 0.449. The fraction of sp³-hybridized carbons (Fsp3) is 0.333. The van der Waals surface area contributed by atoms with E-state index in [9.17, 15) is 17.6 Å². The Labute approximate surface area is 212 Å². The normalized spacial score (nSPS) is 16.8. The number of ether oxygens (including phenoxy) is 1. The van der Waals surface area contributed by atoms with Crippen LogP contribution in [0.15, 0.2) is 36.7 Å². The van der Waals surface area contributed by atoms with Crippen LogP contribution in [-0.2, 0) is 25.3 Å². The first-order chi connectivity index (χ1) is 17.0. The predicted molar refractivity (Wildman–Crippen MR) is 143 cm³/mol. The van der Waals surface area contributed by atoms with Gasteiger partial charge < -0.3 is 19.7 Å². The molecule has 3 aromatic rings. The summed E-state index contributed by atoms with van der Waals surface area (Å²) in [4.78, 5) is 23.2. The van der Waals surface area contributed by atoms with Crippen LogP contribution in [0, 0.1) is 12.7 Å². The van der Waals surface area contributed by atoms with Crippen LogP contribution in [-0.4, -0.2) is 72.0 Å². The molecule has 0 aliphatic carbocycles. The Bertz CT molecular complexity index is 1440. The molecular formula is C24H28FN5O4S2. The van der Waals surface area contributed by atoms with E-state index in [-0.39, 0.29) is 11.7 Å². The first-order valence-electron chi connectivity index (χ1n) is 11.2. The van der Waals surface area contributed by atoms with Gasteiger partial charge in [-0.3, -0.25) is 9.00 Å². The largest absolute Gasteiger partial charge is 0.479 e. The van der Waals surface area contributed by atoms with Crippen molar-refractivity contribution in [3.63, 3.8) is 0 Å². The van der Waals surface area contributed by atoms with Gasteiger partial charge in [-0.2, -0.15) is 0 Å². The van der Waals surface area contributed by atoms with Crippen molar-refractivity contribution in [2.75, 3.05) is 40.9 Å². The van der Waals surface area contributed by atoms with Crippen LogP contribution in [0.2, 0.25) is 0 Å². The minimum atomic E-state index is -2.47. The SMILES string of the molecule is C=S(C)(=O)Nc1cc(C)c2c(Nc3ccc(F)cc3O[C@H](C)C(=O)N3CCS(=O)CC3)ncnc2c1. The average Bonchev–Trinajstić information content (AvgIpc) is 2.79.